The van der Waals surface area contributed by atoms with Crippen LogP contribution in [0.5, 0.6) is 5.75 Å². The van der Waals surface area contributed by atoms with Crippen molar-refractivity contribution in [3.05, 3.63) is 51.7 Å². The largest absolute Gasteiger partial charge is 0.488 e. The summed E-state index contributed by atoms with van der Waals surface area (Å²) in [6.07, 6.45) is 1.10. The zero-order chi connectivity index (χ0) is 19.1. The zero-order valence-corrected chi connectivity index (χ0v) is 19.9. The predicted octanol–water partition coefficient (Wildman–Crippen LogP) is 4.31. The van der Waals surface area contributed by atoms with Gasteiger partial charge in [0.25, 0.3) is 0 Å². The van der Waals surface area contributed by atoms with Crippen LogP contribution in [0.4, 0.5) is 0 Å². The standard InChI is InChI=1S/C21H29N3O2S.HI/c1-15-4-5-17(20(10-15)26-19-6-8-25-13-19)12-24-21(22-3)23-11-16(2)18-7-9-27-14-18;/h4-5,7,9-10,14,16,19H,6,8,11-13H2,1-3H3,(H2,22,23,24);1H. The van der Waals surface area contributed by atoms with Crippen molar-refractivity contribution in [3.63, 3.8) is 0 Å². The van der Waals surface area contributed by atoms with E-state index in [1.165, 1.54) is 11.1 Å². The lowest BCUT2D eigenvalue weighted by atomic mass is 10.1. The van der Waals surface area contributed by atoms with Gasteiger partial charge in [-0.15, -0.1) is 24.0 Å². The van der Waals surface area contributed by atoms with Gasteiger partial charge in [-0.05, 0) is 46.9 Å². The summed E-state index contributed by atoms with van der Waals surface area (Å²) >= 11 is 1.73. The highest BCUT2D eigenvalue weighted by molar-refractivity contribution is 14.0. The lowest BCUT2D eigenvalue weighted by Crippen LogP contribution is -2.38. The molecule has 0 bridgehead atoms. The zero-order valence-electron chi connectivity index (χ0n) is 16.7. The highest BCUT2D eigenvalue weighted by atomic mass is 127. The Kier molecular flexibility index (Phi) is 9.53. The van der Waals surface area contributed by atoms with Gasteiger partial charge in [-0.1, -0.05) is 19.1 Å². The molecular formula is C21H30IN3O2S. The van der Waals surface area contributed by atoms with Crippen LogP contribution in [0.3, 0.4) is 0 Å². The monoisotopic (exact) mass is 515 g/mol. The molecule has 0 saturated carbocycles. The quantitative estimate of drug-likeness (QED) is 0.328. The van der Waals surface area contributed by atoms with Crippen molar-refractivity contribution in [2.45, 2.75) is 38.8 Å². The van der Waals surface area contributed by atoms with Crippen molar-refractivity contribution in [2.24, 2.45) is 4.99 Å². The van der Waals surface area contributed by atoms with Crippen molar-refractivity contribution in [3.8, 4) is 5.75 Å². The maximum Gasteiger partial charge on any atom is 0.191 e. The summed E-state index contributed by atoms with van der Waals surface area (Å²) in [5.41, 5.74) is 3.68. The number of halogens is 1. The number of rotatable bonds is 7. The molecule has 0 amide bonds. The second-order valence-corrected chi connectivity index (χ2v) is 7.76. The average molecular weight is 515 g/mol. The number of hydrogen-bond donors (Lipinski definition) is 2. The molecule has 2 aromatic rings. The topological polar surface area (TPSA) is 54.9 Å². The number of thiophene rings is 1. The lowest BCUT2D eigenvalue weighted by Gasteiger charge is -2.19. The van der Waals surface area contributed by atoms with E-state index in [2.05, 4.69) is 64.5 Å². The summed E-state index contributed by atoms with van der Waals surface area (Å²) in [4.78, 5) is 4.34. The van der Waals surface area contributed by atoms with E-state index < -0.39 is 0 Å². The second kappa shape index (κ2) is 11.6. The van der Waals surface area contributed by atoms with E-state index in [9.17, 15) is 0 Å². The van der Waals surface area contributed by atoms with E-state index in [1.54, 1.807) is 18.4 Å². The van der Waals surface area contributed by atoms with Crippen LogP contribution in [0.25, 0.3) is 0 Å². The van der Waals surface area contributed by atoms with Crippen LogP contribution < -0.4 is 15.4 Å². The first-order valence-electron chi connectivity index (χ1n) is 9.46. The molecule has 0 radical (unpaired) electrons. The van der Waals surface area contributed by atoms with E-state index in [0.717, 1.165) is 36.8 Å². The van der Waals surface area contributed by atoms with E-state index in [0.29, 0.717) is 19.1 Å². The summed E-state index contributed by atoms with van der Waals surface area (Å²) in [5, 5.41) is 11.1. The Morgan fingerprint density at radius 3 is 2.89 bits per heavy atom. The molecule has 5 nitrogen and oxygen atoms in total. The van der Waals surface area contributed by atoms with Gasteiger partial charge in [0, 0.05) is 32.1 Å². The molecule has 7 heteroatoms. The molecule has 1 saturated heterocycles. The minimum absolute atomic E-state index is 0. The van der Waals surface area contributed by atoms with Crippen molar-refractivity contribution >= 4 is 41.3 Å². The fourth-order valence-corrected chi connectivity index (χ4v) is 3.81. The van der Waals surface area contributed by atoms with E-state index >= 15 is 0 Å². The molecule has 0 spiro atoms. The molecular weight excluding hydrogens is 485 g/mol. The summed E-state index contributed by atoms with van der Waals surface area (Å²) in [6.45, 7) is 7.26. The van der Waals surface area contributed by atoms with Crippen molar-refractivity contribution in [1.29, 1.82) is 0 Å². The minimum Gasteiger partial charge on any atom is -0.488 e. The third-order valence-electron chi connectivity index (χ3n) is 4.76. The number of nitrogens with one attached hydrogen (secondary N) is 2. The predicted molar refractivity (Wildman–Crippen MR) is 127 cm³/mol. The Balaban J connectivity index is 0.00000280. The van der Waals surface area contributed by atoms with Crippen LogP contribution in [0.15, 0.2) is 40.0 Å². The molecule has 2 unspecified atom stereocenters. The van der Waals surface area contributed by atoms with Gasteiger partial charge in [0.1, 0.15) is 11.9 Å². The first kappa shape index (κ1) is 23.0. The average Bonchev–Trinajstić information content (AvgIpc) is 3.37. The van der Waals surface area contributed by atoms with Gasteiger partial charge >= 0.3 is 0 Å². The number of guanidine groups is 1. The molecule has 2 heterocycles. The molecule has 1 aliphatic heterocycles. The van der Waals surface area contributed by atoms with Crippen molar-refractivity contribution in [2.75, 3.05) is 26.8 Å². The van der Waals surface area contributed by atoms with Crippen molar-refractivity contribution < 1.29 is 9.47 Å². The Morgan fingerprint density at radius 1 is 1.36 bits per heavy atom. The van der Waals surface area contributed by atoms with E-state index in [4.69, 9.17) is 9.47 Å². The Morgan fingerprint density at radius 2 is 2.21 bits per heavy atom. The number of hydrogen-bond acceptors (Lipinski definition) is 4. The summed E-state index contributed by atoms with van der Waals surface area (Å²) in [5.74, 6) is 2.17. The highest BCUT2D eigenvalue weighted by Gasteiger charge is 2.19. The molecule has 1 aliphatic rings. The second-order valence-electron chi connectivity index (χ2n) is 6.98. The Hall–Kier alpha value is -1.32. The fraction of sp³-hybridized carbons (Fsp3) is 0.476. The number of aliphatic imine (C=N–C) groups is 1. The Labute approximate surface area is 189 Å². The number of ether oxygens (including phenoxy) is 2. The normalized spacial score (nSPS) is 17.7. The first-order chi connectivity index (χ1) is 13.2. The van der Waals surface area contributed by atoms with Gasteiger partial charge in [0.15, 0.2) is 5.96 Å². The summed E-state index contributed by atoms with van der Waals surface area (Å²) in [6, 6.07) is 8.51. The maximum absolute atomic E-state index is 6.18. The number of benzene rings is 1. The van der Waals surface area contributed by atoms with Gasteiger partial charge in [0.05, 0.1) is 13.2 Å². The first-order valence-corrected chi connectivity index (χ1v) is 10.4. The lowest BCUT2D eigenvalue weighted by molar-refractivity contribution is 0.140. The third-order valence-corrected chi connectivity index (χ3v) is 5.46. The van der Waals surface area contributed by atoms with Gasteiger partial charge in [-0.3, -0.25) is 4.99 Å². The van der Waals surface area contributed by atoms with Crippen molar-refractivity contribution in [1.82, 2.24) is 10.6 Å². The molecule has 1 fully saturated rings. The number of aryl methyl sites for hydroxylation is 1. The van der Waals surface area contributed by atoms with Gasteiger partial charge in [0.2, 0.25) is 0 Å². The van der Waals surface area contributed by atoms with Gasteiger partial charge < -0.3 is 20.1 Å². The SMILES string of the molecule is CN=C(NCc1ccc(C)cc1OC1CCOC1)NCC(C)c1ccsc1.I. The molecule has 2 atom stereocenters. The third kappa shape index (κ3) is 6.63. The smallest absolute Gasteiger partial charge is 0.191 e. The summed E-state index contributed by atoms with van der Waals surface area (Å²) < 4.78 is 11.6. The van der Waals surface area contributed by atoms with Crippen LogP contribution in [0, 0.1) is 6.92 Å². The van der Waals surface area contributed by atoms with Crippen LogP contribution in [0.2, 0.25) is 0 Å². The number of nitrogens with zero attached hydrogens (tertiary/aromatic N) is 1. The molecule has 2 N–H and O–H groups in total. The molecule has 3 rings (SSSR count). The molecule has 1 aromatic heterocycles. The van der Waals surface area contributed by atoms with Crippen LogP contribution in [-0.4, -0.2) is 38.9 Å². The highest BCUT2D eigenvalue weighted by Crippen LogP contribution is 2.24. The van der Waals surface area contributed by atoms with Crippen LogP contribution in [0.1, 0.15) is 36.0 Å². The van der Waals surface area contributed by atoms with Gasteiger partial charge in [-0.2, -0.15) is 11.3 Å². The van der Waals surface area contributed by atoms with E-state index in [-0.39, 0.29) is 30.1 Å². The minimum atomic E-state index is 0. The molecule has 154 valence electrons. The Bertz CT molecular complexity index is 746. The van der Waals surface area contributed by atoms with Crippen LogP contribution in [-0.2, 0) is 11.3 Å². The van der Waals surface area contributed by atoms with Gasteiger partial charge in [-0.25, -0.2) is 0 Å². The van der Waals surface area contributed by atoms with Crippen LogP contribution >= 0.6 is 35.3 Å². The maximum atomic E-state index is 6.18. The molecule has 0 aliphatic carbocycles. The summed E-state index contributed by atoms with van der Waals surface area (Å²) in [7, 11) is 1.80. The molecule has 1 aromatic carbocycles. The fourth-order valence-electron chi connectivity index (χ4n) is 3.03. The molecule has 28 heavy (non-hydrogen) atoms. The van der Waals surface area contributed by atoms with E-state index in [1.807, 2.05) is 0 Å².